The van der Waals surface area contributed by atoms with E-state index in [4.69, 9.17) is 4.74 Å². The van der Waals surface area contributed by atoms with Gasteiger partial charge in [-0.15, -0.1) is 0 Å². The Balaban J connectivity index is 1.72. The Bertz CT molecular complexity index is 209. The molecule has 1 aliphatic heterocycles. The quantitative estimate of drug-likeness (QED) is 0.701. The van der Waals surface area contributed by atoms with E-state index in [1.54, 1.807) is 0 Å². The predicted molar refractivity (Wildman–Crippen MR) is 72.2 cm³/mol. The molecule has 1 aliphatic carbocycles. The summed E-state index contributed by atoms with van der Waals surface area (Å²) < 4.78 is 5.74. The zero-order valence-electron chi connectivity index (χ0n) is 11.6. The second kappa shape index (κ2) is 6.75. The summed E-state index contributed by atoms with van der Waals surface area (Å²) in [5.41, 5.74) is 0. The molecule has 2 rings (SSSR count). The van der Waals surface area contributed by atoms with E-state index in [1.807, 2.05) is 0 Å². The molecule has 2 nitrogen and oxygen atoms in total. The maximum Gasteiger partial charge on any atom is 0.0576 e. The lowest BCUT2D eigenvalue weighted by Gasteiger charge is -2.26. The third-order valence-corrected chi connectivity index (χ3v) is 4.48. The van der Waals surface area contributed by atoms with E-state index >= 15 is 0 Å². The molecule has 2 fully saturated rings. The zero-order valence-corrected chi connectivity index (χ0v) is 11.6. The van der Waals surface area contributed by atoms with E-state index < -0.39 is 0 Å². The van der Waals surface area contributed by atoms with Crippen LogP contribution in [0.4, 0.5) is 0 Å². The molecule has 2 aliphatic rings. The maximum absolute atomic E-state index is 5.74. The molecule has 3 atom stereocenters. The van der Waals surface area contributed by atoms with Gasteiger partial charge in [-0.3, -0.25) is 0 Å². The van der Waals surface area contributed by atoms with Crippen LogP contribution in [-0.4, -0.2) is 25.3 Å². The van der Waals surface area contributed by atoms with Crippen LogP contribution in [0.5, 0.6) is 0 Å². The van der Waals surface area contributed by atoms with Crippen molar-refractivity contribution in [2.45, 2.75) is 70.9 Å². The zero-order chi connectivity index (χ0) is 12.1. The number of nitrogens with one attached hydrogen (secondary N) is 1. The van der Waals surface area contributed by atoms with Crippen LogP contribution in [0.15, 0.2) is 0 Å². The molecule has 1 N–H and O–H groups in total. The number of rotatable bonds is 8. The maximum atomic E-state index is 5.74. The summed E-state index contributed by atoms with van der Waals surface area (Å²) in [6.45, 7) is 6.87. The Morgan fingerprint density at radius 2 is 2.12 bits per heavy atom. The second-order valence-corrected chi connectivity index (χ2v) is 5.97. The second-order valence-electron chi connectivity index (χ2n) is 5.97. The van der Waals surface area contributed by atoms with E-state index in [-0.39, 0.29) is 0 Å². The van der Waals surface area contributed by atoms with Gasteiger partial charge in [0.15, 0.2) is 0 Å². The van der Waals surface area contributed by atoms with Crippen LogP contribution in [0.1, 0.15) is 58.8 Å². The minimum absolute atomic E-state index is 0.562. The van der Waals surface area contributed by atoms with Crippen LogP contribution in [0.2, 0.25) is 0 Å². The summed E-state index contributed by atoms with van der Waals surface area (Å²) >= 11 is 0. The molecular formula is C15H29NO. The molecule has 17 heavy (non-hydrogen) atoms. The molecule has 0 aromatic carbocycles. The third kappa shape index (κ3) is 4.26. The molecule has 1 saturated heterocycles. The van der Waals surface area contributed by atoms with Crippen molar-refractivity contribution >= 4 is 0 Å². The minimum atomic E-state index is 0.562. The fraction of sp³-hybridized carbons (Fsp3) is 1.00. The van der Waals surface area contributed by atoms with Crippen LogP contribution in [0.25, 0.3) is 0 Å². The molecule has 0 amide bonds. The molecule has 1 saturated carbocycles. The lowest BCUT2D eigenvalue weighted by Crippen LogP contribution is -2.37. The van der Waals surface area contributed by atoms with E-state index in [2.05, 4.69) is 19.2 Å². The highest BCUT2D eigenvalue weighted by Crippen LogP contribution is 2.39. The predicted octanol–water partition coefficient (Wildman–Crippen LogP) is 3.36. The number of hydrogen-bond donors (Lipinski definition) is 1. The molecule has 0 aromatic rings. The molecule has 0 bridgehead atoms. The Kier molecular flexibility index (Phi) is 5.30. The summed E-state index contributed by atoms with van der Waals surface area (Å²) in [5.74, 6) is 1.87. The van der Waals surface area contributed by atoms with Gasteiger partial charge in [-0.05, 0) is 63.3 Å². The van der Waals surface area contributed by atoms with Crippen LogP contribution in [-0.2, 0) is 4.74 Å². The van der Waals surface area contributed by atoms with Gasteiger partial charge in [0.25, 0.3) is 0 Å². The van der Waals surface area contributed by atoms with E-state index in [9.17, 15) is 0 Å². The molecule has 0 aromatic heterocycles. The van der Waals surface area contributed by atoms with Crippen LogP contribution < -0.4 is 5.32 Å². The Morgan fingerprint density at radius 1 is 1.29 bits per heavy atom. The van der Waals surface area contributed by atoms with E-state index in [1.165, 1.54) is 51.5 Å². The summed E-state index contributed by atoms with van der Waals surface area (Å²) in [4.78, 5) is 0. The topological polar surface area (TPSA) is 21.3 Å². The van der Waals surface area contributed by atoms with Crippen LogP contribution >= 0.6 is 0 Å². The first kappa shape index (κ1) is 13.4. The number of ether oxygens (including phenoxy) is 1. The Morgan fingerprint density at radius 3 is 2.71 bits per heavy atom. The fourth-order valence-corrected chi connectivity index (χ4v) is 3.07. The van der Waals surface area contributed by atoms with Gasteiger partial charge in [0, 0.05) is 12.6 Å². The first-order valence-corrected chi connectivity index (χ1v) is 7.66. The summed E-state index contributed by atoms with van der Waals surface area (Å²) in [6, 6.07) is 0.728. The Labute approximate surface area is 107 Å². The van der Waals surface area contributed by atoms with Gasteiger partial charge in [0.1, 0.15) is 0 Å². The highest BCUT2D eigenvalue weighted by Gasteiger charge is 2.33. The number of hydrogen-bond acceptors (Lipinski definition) is 2. The van der Waals surface area contributed by atoms with E-state index in [0.717, 1.165) is 24.5 Å². The lowest BCUT2D eigenvalue weighted by molar-refractivity contribution is 0.0968. The van der Waals surface area contributed by atoms with E-state index in [0.29, 0.717) is 6.10 Å². The van der Waals surface area contributed by atoms with Crippen LogP contribution in [0.3, 0.4) is 0 Å². The minimum Gasteiger partial charge on any atom is -0.378 e. The van der Waals surface area contributed by atoms with Gasteiger partial charge in [-0.25, -0.2) is 0 Å². The highest BCUT2D eigenvalue weighted by atomic mass is 16.5. The van der Waals surface area contributed by atoms with Crippen molar-refractivity contribution in [2.75, 3.05) is 13.2 Å². The van der Waals surface area contributed by atoms with Crippen molar-refractivity contribution in [3.8, 4) is 0 Å². The standard InChI is InChI=1S/C15H29NO/c1-3-10-16-15(12(2)13-6-7-13)9-8-14-5-4-11-17-14/h12-16H,3-11H2,1-2H3. The van der Waals surface area contributed by atoms with Gasteiger partial charge < -0.3 is 10.1 Å². The Hall–Kier alpha value is -0.0800. The van der Waals surface area contributed by atoms with Gasteiger partial charge in [0.2, 0.25) is 0 Å². The van der Waals surface area contributed by atoms with Crippen molar-refractivity contribution in [2.24, 2.45) is 11.8 Å². The van der Waals surface area contributed by atoms with Gasteiger partial charge in [-0.1, -0.05) is 13.8 Å². The first-order valence-electron chi connectivity index (χ1n) is 7.66. The molecule has 100 valence electrons. The van der Waals surface area contributed by atoms with Gasteiger partial charge in [-0.2, -0.15) is 0 Å². The average Bonchev–Trinajstić information content (AvgIpc) is 3.06. The molecule has 2 heteroatoms. The van der Waals surface area contributed by atoms with Crippen molar-refractivity contribution in [3.63, 3.8) is 0 Å². The van der Waals surface area contributed by atoms with Gasteiger partial charge in [0.05, 0.1) is 6.10 Å². The SMILES string of the molecule is CCCNC(CCC1CCCO1)C(C)C1CC1. The monoisotopic (exact) mass is 239 g/mol. The third-order valence-electron chi connectivity index (χ3n) is 4.48. The van der Waals surface area contributed by atoms with Crippen molar-refractivity contribution in [1.82, 2.24) is 5.32 Å². The normalized spacial score (nSPS) is 28.2. The van der Waals surface area contributed by atoms with Crippen molar-refractivity contribution < 1.29 is 4.74 Å². The molecule has 0 spiro atoms. The highest BCUT2D eigenvalue weighted by molar-refractivity contribution is 4.87. The van der Waals surface area contributed by atoms with Crippen molar-refractivity contribution in [3.05, 3.63) is 0 Å². The fourth-order valence-electron chi connectivity index (χ4n) is 3.07. The van der Waals surface area contributed by atoms with Crippen LogP contribution in [0, 0.1) is 11.8 Å². The lowest BCUT2D eigenvalue weighted by atomic mass is 9.91. The van der Waals surface area contributed by atoms with Gasteiger partial charge >= 0.3 is 0 Å². The molecule has 0 radical (unpaired) electrons. The molecule has 1 heterocycles. The first-order chi connectivity index (χ1) is 8.31. The average molecular weight is 239 g/mol. The summed E-state index contributed by atoms with van der Waals surface area (Å²) in [6.07, 6.45) is 9.87. The summed E-state index contributed by atoms with van der Waals surface area (Å²) in [5, 5.41) is 3.76. The smallest absolute Gasteiger partial charge is 0.0576 e. The largest absolute Gasteiger partial charge is 0.378 e. The molecular weight excluding hydrogens is 210 g/mol. The summed E-state index contributed by atoms with van der Waals surface area (Å²) in [7, 11) is 0. The molecule has 3 unspecified atom stereocenters. The van der Waals surface area contributed by atoms with Crippen molar-refractivity contribution in [1.29, 1.82) is 0 Å².